The molecule has 0 saturated carbocycles. The van der Waals surface area contributed by atoms with Crippen LogP contribution in [0, 0.1) is 0 Å². The molecule has 18 aromatic rings. The lowest BCUT2D eigenvalue weighted by molar-refractivity contribution is 1.34. The predicted molar refractivity (Wildman–Crippen MR) is 315 cm³/mol. The van der Waals surface area contributed by atoms with Crippen molar-refractivity contribution in [2.45, 2.75) is 0 Å². The summed E-state index contributed by atoms with van der Waals surface area (Å²) < 4.78 is 7.67. The molecule has 0 bridgehead atoms. The van der Waals surface area contributed by atoms with Crippen molar-refractivity contribution in [1.29, 1.82) is 0 Å². The van der Waals surface area contributed by atoms with Crippen LogP contribution in [-0.2, 0) is 0 Å². The number of fused-ring (bicyclic) bond motifs is 18. The average molecular weight is 949 g/mol. The van der Waals surface area contributed by atoms with E-state index in [0.29, 0.717) is 0 Å². The highest BCUT2D eigenvalue weighted by atomic mass is 15.0. The Hall–Kier alpha value is -10.0. The van der Waals surface area contributed by atoms with Crippen molar-refractivity contribution in [3.05, 3.63) is 243 Å². The van der Waals surface area contributed by atoms with Gasteiger partial charge in [0.05, 0.1) is 60.9 Å². The van der Waals surface area contributed by atoms with Gasteiger partial charge in [0.25, 0.3) is 0 Å². The van der Waals surface area contributed by atoms with E-state index in [9.17, 15) is 0 Å². The Morgan fingerprint density at radius 2 is 0.627 bits per heavy atom. The van der Waals surface area contributed by atoms with Crippen LogP contribution in [0.5, 0.6) is 0 Å². The second-order valence-corrected chi connectivity index (χ2v) is 20.6. The largest absolute Gasteiger partial charge is 0.308 e. The van der Waals surface area contributed by atoms with E-state index in [0.717, 1.165) is 27.7 Å². The SMILES string of the molecule is c1ccc(-c2ccc3c(c2)c2cc(-c4ccccc4)cc4c5cc6c7nc(-c8ccccc8)cc8c9cc(-c%10ccccc%10)ccc9n(c6c(-c6ccc9c(c6)c6cccc%10c%11ccccc%11n9c%106)c5n3c24)c87)cc1. The van der Waals surface area contributed by atoms with Crippen LogP contribution in [0.25, 0.3) is 170 Å². The number of nitrogens with zero attached hydrogens (tertiary/aromatic N) is 4. The number of benzene rings is 11. The smallest absolute Gasteiger partial charge is 0.0977 e. The highest BCUT2D eigenvalue weighted by Crippen LogP contribution is 2.52. The molecule has 0 aliphatic carbocycles. The molecule has 0 saturated heterocycles. The number of hydrogen-bond acceptors (Lipinski definition) is 1. The van der Waals surface area contributed by atoms with Gasteiger partial charge in [-0.05, 0) is 106 Å². The van der Waals surface area contributed by atoms with Gasteiger partial charge in [-0.25, -0.2) is 4.98 Å². The number of aromatic nitrogens is 4. The standard InChI is InChI=1S/C71H40N4/c1-5-16-41(17-6-1)45-28-31-63-53(34-45)55-37-48(43-20-9-3-10-21-43)38-56-57-39-59-66-71-58(40-60(72-66)44-22-11-4-12-23-44)54-35-46(42-18-7-2-8-19-42)29-32-64(54)75(71)70(59)65(69(57)74(63)68(55)56)47-30-33-62-52(36-47)51-26-15-25-50-49-24-13-14-27-61(49)73(62)67(50)51/h1-40H. The zero-order chi connectivity index (χ0) is 48.6. The first-order chi connectivity index (χ1) is 37.2. The molecular weight excluding hydrogens is 909 g/mol. The molecule has 0 aliphatic rings. The fraction of sp³-hybridized carbons (Fsp3) is 0. The van der Waals surface area contributed by atoms with Crippen molar-refractivity contribution >= 4 is 114 Å². The summed E-state index contributed by atoms with van der Waals surface area (Å²) in [5, 5.41) is 13.6. The molecule has 75 heavy (non-hydrogen) atoms. The summed E-state index contributed by atoms with van der Waals surface area (Å²) in [5.74, 6) is 0. The van der Waals surface area contributed by atoms with E-state index < -0.39 is 0 Å². The molecule has 0 N–H and O–H groups in total. The predicted octanol–water partition coefficient (Wildman–Crippen LogP) is 18.9. The molecule has 0 radical (unpaired) electrons. The van der Waals surface area contributed by atoms with Gasteiger partial charge in [-0.3, -0.25) is 0 Å². The Balaban J connectivity index is 1.07. The summed E-state index contributed by atoms with van der Waals surface area (Å²) in [6, 6.07) is 90.1. The van der Waals surface area contributed by atoms with Gasteiger partial charge in [0.2, 0.25) is 0 Å². The first-order valence-electron chi connectivity index (χ1n) is 25.9. The van der Waals surface area contributed by atoms with E-state index in [1.807, 2.05) is 0 Å². The van der Waals surface area contributed by atoms with Crippen LogP contribution in [0.3, 0.4) is 0 Å². The molecule has 0 amide bonds. The summed E-state index contributed by atoms with van der Waals surface area (Å²) in [4.78, 5) is 5.76. The monoisotopic (exact) mass is 948 g/mol. The highest BCUT2D eigenvalue weighted by molar-refractivity contribution is 6.34. The van der Waals surface area contributed by atoms with E-state index in [-0.39, 0.29) is 0 Å². The molecule has 11 aromatic carbocycles. The quantitative estimate of drug-likeness (QED) is 0.169. The van der Waals surface area contributed by atoms with Gasteiger partial charge in [0.1, 0.15) is 0 Å². The van der Waals surface area contributed by atoms with E-state index in [1.54, 1.807) is 0 Å². The summed E-state index contributed by atoms with van der Waals surface area (Å²) >= 11 is 0. The molecule has 0 spiro atoms. The van der Waals surface area contributed by atoms with Gasteiger partial charge >= 0.3 is 0 Å². The molecule has 7 heterocycles. The third kappa shape index (κ3) is 5.17. The molecule has 7 aromatic heterocycles. The van der Waals surface area contributed by atoms with Crippen LogP contribution in [0.15, 0.2) is 243 Å². The van der Waals surface area contributed by atoms with Crippen LogP contribution in [0.2, 0.25) is 0 Å². The maximum atomic E-state index is 5.76. The van der Waals surface area contributed by atoms with Crippen molar-refractivity contribution in [3.8, 4) is 55.8 Å². The number of para-hydroxylation sites is 2. The molecule has 0 atom stereocenters. The number of pyridine rings is 1. The normalized spacial score (nSPS) is 12.5. The summed E-state index contributed by atoms with van der Waals surface area (Å²) in [6.45, 7) is 0. The summed E-state index contributed by atoms with van der Waals surface area (Å²) in [7, 11) is 0. The first kappa shape index (κ1) is 39.6. The van der Waals surface area contributed by atoms with E-state index in [2.05, 4.69) is 256 Å². The van der Waals surface area contributed by atoms with Gasteiger partial charge in [0, 0.05) is 70.4 Å². The maximum Gasteiger partial charge on any atom is 0.0977 e. The van der Waals surface area contributed by atoms with Gasteiger partial charge in [-0.1, -0.05) is 176 Å². The Morgan fingerprint density at radius 1 is 0.213 bits per heavy atom. The Kier molecular flexibility index (Phi) is 7.57. The van der Waals surface area contributed by atoms with Crippen LogP contribution in [0.4, 0.5) is 0 Å². The van der Waals surface area contributed by atoms with Gasteiger partial charge in [-0.2, -0.15) is 0 Å². The molecule has 0 fully saturated rings. The van der Waals surface area contributed by atoms with Crippen LogP contribution >= 0.6 is 0 Å². The lowest BCUT2D eigenvalue weighted by Gasteiger charge is -2.12. The average Bonchev–Trinajstić information content (AvgIpc) is 4.41. The second kappa shape index (κ2) is 14.3. The summed E-state index contributed by atoms with van der Waals surface area (Å²) in [6.07, 6.45) is 0. The highest BCUT2D eigenvalue weighted by Gasteiger charge is 2.30. The van der Waals surface area contributed by atoms with Crippen molar-refractivity contribution in [2.75, 3.05) is 0 Å². The number of hydrogen-bond donors (Lipinski definition) is 0. The first-order valence-corrected chi connectivity index (χ1v) is 25.9. The molecule has 4 nitrogen and oxygen atoms in total. The molecule has 18 rings (SSSR count). The Morgan fingerprint density at radius 3 is 1.28 bits per heavy atom. The van der Waals surface area contributed by atoms with Gasteiger partial charge in [-0.15, -0.1) is 0 Å². The fourth-order valence-corrected chi connectivity index (χ4v) is 13.6. The summed E-state index contributed by atoms with van der Waals surface area (Å²) in [5.41, 5.74) is 23.5. The van der Waals surface area contributed by atoms with Crippen molar-refractivity contribution < 1.29 is 0 Å². The Labute approximate surface area is 428 Å². The topological polar surface area (TPSA) is 26.1 Å². The molecule has 0 aliphatic heterocycles. The van der Waals surface area contributed by atoms with Gasteiger partial charge in [0.15, 0.2) is 0 Å². The van der Waals surface area contributed by atoms with Crippen LogP contribution in [0.1, 0.15) is 0 Å². The zero-order valence-electron chi connectivity index (χ0n) is 40.4. The third-order valence-corrected chi connectivity index (χ3v) is 16.8. The van der Waals surface area contributed by atoms with E-state index >= 15 is 0 Å². The molecule has 4 heteroatoms. The van der Waals surface area contributed by atoms with E-state index in [4.69, 9.17) is 4.98 Å². The van der Waals surface area contributed by atoms with Crippen molar-refractivity contribution in [2.24, 2.45) is 0 Å². The van der Waals surface area contributed by atoms with E-state index in [1.165, 1.54) is 143 Å². The minimum atomic E-state index is 0.969. The van der Waals surface area contributed by atoms with Gasteiger partial charge < -0.3 is 13.2 Å². The zero-order valence-corrected chi connectivity index (χ0v) is 40.4. The maximum absolute atomic E-state index is 5.76. The lowest BCUT2D eigenvalue weighted by atomic mass is 9.94. The molecule has 0 unspecified atom stereocenters. The molecule has 344 valence electrons. The second-order valence-electron chi connectivity index (χ2n) is 20.6. The Bertz CT molecular complexity index is 5130. The fourth-order valence-electron chi connectivity index (χ4n) is 13.6. The molecular formula is C71H40N4. The van der Waals surface area contributed by atoms with Crippen LogP contribution in [-0.4, -0.2) is 18.2 Å². The van der Waals surface area contributed by atoms with Crippen molar-refractivity contribution in [1.82, 2.24) is 18.2 Å². The minimum absolute atomic E-state index is 0.969. The van der Waals surface area contributed by atoms with Crippen molar-refractivity contribution in [3.63, 3.8) is 0 Å². The lowest BCUT2D eigenvalue weighted by Crippen LogP contribution is -1.92. The minimum Gasteiger partial charge on any atom is -0.308 e. The van der Waals surface area contributed by atoms with Crippen LogP contribution < -0.4 is 0 Å². The third-order valence-electron chi connectivity index (χ3n) is 16.8. The number of rotatable bonds is 5.